The zero-order chi connectivity index (χ0) is 17.1. The number of hydrogen-bond acceptors (Lipinski definition) is 6. The maximum atomic E-state index is 5.20. The lowest BCUT2D eigenvalue weighted by Crippen LogP contribution is -1.97. The Morgan fingerprint density at radius 3 is 2.64 bits per heavy atom. The van der Waals surface area contributed by atoms with Crippen molar-refractivity contribution in [3.05, 3.63) is 66.5 Å². The number of thioether (sulfide) groups is 1. The van der Waals surface area contributed by atoms with E-state index >= 15 is 0 Å². The lowest BCUT2D eigenvalue weighted by Gasteiger charge is -2.04. The van der Waals surface area contributed by atoms with Gasteiger partial charge in [0.25, 0.3) is 0 Å². The molecule has 0 aliphatic rings. The van der Waals surface area contributed by atoms with Crippen LogP contribution in [0.2, 0.25) is 0 Å². The van der Waals surface area contributed by atoms with Gasteiger partial charge in [0.05, 0.1) is 12.8 Å². The molecule has 7 heteroatoms. The van der Waals surface area contributed by atoms with E-state index in [0.717, 1.165) is 27.8 Å². The summed E-state index contributed by atoms with van der Waals surface area (Å²) in [4.78, 5) is 4.34. The van der Waals surface area contributed by atoms with Crippen LogP contribution in [0.5, 0.6) is 5.75 Å². The molecular weight excluding hydrogens is 334 g/mol. The largest absolute Gasteiger partial charge is 0.497 e. The van der Waals surface area contributed by atoms with Crippen LogP contribution in [-0.2, 0) is 5.75 Å². The van der Waals surface area contributed by atoms with Crippen LogP contribution in [0.25, 0.3) is 17.0 Å². The predicted octanol–water partition coefficient (Wildman–Crippen LogP) is 3.49. The minimum Gasteiger partial charge on any atom is -0.497 e. The van der Waals surface area contributed by atoms with Crippen LogP contribution < -0.4 is 4.74 Å². The third-order valence-electron chi connectivity index (χ3n) is 3.68. The van der Waals surface area contributed by atoms with Crippen molar-refractivity contribution in [3.8, 4) is 17.1 Å². The van der Waals surface area contributed by atoms with E-state index in [2.05, 4.69) is 20.3 Å². The molecule has 1 aromatic carbocycles. The van der Waals surface area contributed by atoms with Crippen LogP contribution in [-0.4, -0.2) is 31.9 Å². The molecule has 0 bridgehead atoms. The van der Waals surface area contributed by atoms with E-state index in [4.69, 9.17) is 4.74 Å². The molecule has 0 amide bonds. The summed E-state index contributed by atoms with van der Waals surface area (Å²) >= 11 is 1.63. The fourth-order valence-electron chi connectivity index (χ4n) is 2.40. The van der Waals surface area contributed by atoms with Gasteiger partial charge in [-0.1, -0.05) is 17.8 Å². The summed E-state index contributed by atoms with van der Waals surface area (Å²) in [5.41, 5.74) is 2.68. The molecule has 6 nitrogen and oxygen atoms in total. The van der Waals surface area contributed by atoms with E-state index < -0.39 is 0 Å². The zero-order valence-corrected chi connectivity index (χ0v) is 14.3. The van der Waals surface area contributed by atoms with Crippen molar-refractivity contribution < 1.29 is 4.74 Å². The molecule has 4 aromatic rings. The second kappa shape index (κ2) is 6.90. The number of benzene rings is 1. The molecule has 0 aliphatic heterocycles. The van der Waals surface area contributed by atoms with Gasteiger partial charge in [-0.25, -0.2) is 0 Å². The van der Waals surface area contributed by atoms with Crippen molar-refractivity contribution in [1.29, 1.82) is 0 Å². The first kappa shape index (κ1) is 15.6. The summed E-state index contributed by atoms with van der Waals surface area (Å²) in [6, 6.07) is 17.5. The topological polar surface area (TPSA) is 65.2 Å². The quantitative estimate of drug-likeness (QED) is 0.514. The highest BCUT2D eigenvalue weighted by molar-refractivity contribution is 7.98. The average Bonchev–Trinajstić information content (AvgIpc) is 3.10. The second-order valence-corrected chi connectivity index (χ2v) is 6.30. The second-order valence-electron chi connectivity index (χ2n) is 5.30. The van der Waals surface area contributed by atoms with Crippen molar-refractivity contribution in [3.63, 3.8) is 0 Å². The van der Waals surface area contributed by atoms with Gasteiger partial charge in [-0.3, -0.25) is 4.98 Å². The molecule has 124 valence electrons. The number of pyridine rings is 1. The third kappa shape index (κ3) is 3.32. The minimum atomic E-state index is 0.706. The standard InChI is InChI=1S/C18H15N5OS/c1-24-15-7-5-13(6-8-15)18-21-20-16-9-10-17(22-23(16)18)25-12-14-4-2-3-11-19-14/h2-11H,12H2,1H3. The Morgan fingerprint density at radius 1 is 1.00 bits per heavy atom. The summed E-state index contributed by atoms with van der Waals surface area (Å²) in [6.07, 6.45) is 1.80. The van der Waals surface area contributed by atoms with Gasteiger partial charge in [-0.15, -0.1) is 10.2 Å². The third-order valence-corrected chi connectivity index (χ3v) is 4.63. The predicted molar refractivity (Wildman–Crippen MR) is 96.6 cm³/mol. The zero-order valence-electron chi connectivity index (χ0n) is 13.5. The van der Waals surface area contributed by atoms with E-state index in [1.807, 2.05) is 54.6 Å². The fraction of sp³-hybridized carbons (Fsp3) is 0.111. The summed E-state index contributed by atoms with van der Waals surface area (Å²) in [5.74, 6) is 2.27. The highest BCUT2D eigenvalue weighted by atomic mass is 32.2. The maximum absolute atomic E-state index is 5.20. The Morgan fingerprint density at radius 2 is 1.88 bits per heavy atom. The molecule has 4 rings (SSSR count). The van der Waals surface area contributed by atoms with Crippen molar-refractivity contribution in [1.82, 2.24) is 24.8 Å². The number of hydrogen-bond donors (Lipinski definition) is 0. The Hall–Kier alpha value is -2.93. The summed E-state index contributed by atoms with van der Waals surface area (Å²) in [6.45, 7) is 0. The molecule has 3 heterocycles. The molecule has 0 N–H and O–H groups in total. The van der Waals surface area contributed by atoms with Gasteiger partial charge < -0.3 is 4.74 Å². The molecule has 0 spiro atoms. The number of methoxy groups -OCH3 is 1. The van der Waals surface area contributed by atoms with Crippen molar-refractivity contribution in [2.24, 2.45) is 0 Å². The van der Waals surface area contributed by atoms with Gasteiger partial charge >= 0.3 is 0 Å². The highest BCUT2D eigenvalue weighted by Crippen LogP contribution is 2.24. The molecule has 0 atom stereocenters. The van der Waals surface area contributed by atoms with Crippen LogP contribution in [0.3, 0.4) is 0 Å². The molecule has 0 saturated heterocycles. The number of rotatable bonds is 5. The average molecular weight is 349 g/mol. The normalized spacial score (nSPS) is 10.9. The minimum absolute atomic E-state index is 0.706. The van der Waals surface area contributed by atoms with Gasteiger partial charge in [0, 0.05) is 17.5 Å². The SMILES string of the molecule is COc1ccc(-c2nnc3ccc(SCc4ccccn4)nn23)cc1. The number of nitrogens with zero attached hydrogens (tertiary/aromatic N) is 5. The van der Waals surface area contributed by atoms with E-state index in [1.54, 1.807) is 29.6 Å². The molecule has 0 unspecified atom stereocenters. The first-order valence-corrected chi connectivity index (χ1v) is 8.71. The van der Waals surface area contributed by atoms with Crippen LogP contribution in [0.4, 0.5) is 0 Å². The Balaban J connectivity index is 1.62. The monoisotopic (exact) mass is 349 g/mol. The van der Waals surface area contributed by atoms with Crippen LogP contribution >= 0.6 is 11.8 Å². The van der Waals surface area contributed by atoms with E-state index in [0.29, 0.717) is 11.5 Å². The lowest BCUT2D eigenvalue weighted by molar-refractivity contribution is 0.415. The van der Waals surface area contributed by atoms with Crippen molar-refractivity contribution in [2.45, 2.75) is 10.8 Å². The molecule has 25 heavy (non-hydrogen) atoms. The van der Waals surface area contributed by atoms with E-state index in [1.165, 1.54) is 0 Å². The van der Waals surface area contributed by atoms with E-state index in [9.17, 15) is 0 Å². The van der Waals surface area contributed by atoms with Crippen molar-refractivity contribution >= 4 is 17.4 Å². The lowest BCUT2D eigenvalue weighted by atomic mass is 10.2. The first-order chi connectivity index (χ1) is 12.3. The number of ether oxygens (including phenoxy) is 1. The Kier molecular flexibility index (Phi) is 4.30. The molecule has 0 saturated carbocycles. The first-order valence-electron chi connectivity index (χ1n) is 7.73. The van der Waals surface area contributed by atoms with E-state index in [-0.39, 0.29) is 0 Å². The summed E-state index contributed by atoms with van der Waals surface area (Å²) < 4.78 is 6.97. The molecule has 0 fully saturated rings. The fourth-order valence-corrected chi connectivity index (χ4v) is 3.17. The molecule has 0 aliphatic carbocycles. The van der Waals surface area contributed by atoms with Gasteiger partial charge in [0.15, 0.2) is 11.5 Å². The Bertz CT molecular complexity index is 985. The van der Waals surface area contributed by atoms with Gasteiger partial charge in [-0.05, 0) is 48.5 Å². The Labute approximate surface area is 148 Å². The van der Waals surface area contributed by atoms with Crippen LogP contribution in [0.15, 0.2) is 65.8 Å². The van der Waals surface area contributed by atoms with Gasteiger partial charge in [0.1, 0.15) is 10.8 Å². The highest BCUT2D eigenvalue weighted by Gasteiger charge is 2.10. The molecular formula is C18H15N5OS. The van der Waals surface area contributed by atoms with Gasteiger partial charge in [-0.2, -0.15) is 9.61 Å². The van der Waals surface area contributed by atoms with Crippen molar-refractivity contribution in [2.75, 3.05) is 7.11 Å². The number of aromatic nitrogens is 5. The maximum Gasteiger partial charge on any atom is 0.185 e. The van der Waals surface area contributed by atoms with Gasteiger partial charge in [0.2, 0.25) is 0 Å². The number of fused-ring (bicyclic) bond motifs is 1. The summed E-state index contributed by atoms with van der Waals surface area (Å²) in [5, 5.41) is 14.0. The molecule has 0 radical (unpaired) electrons. The van der Waals surface area contributed by atoms with Crippen LogP contribution in [0.1, 0.15) is 5.69 Å². The summed E-state index contributed by atoms with van der Waals surface area (Å²) in [7, 11) is 1.65. The van der Waals surface area contributed by atoms with Crippen LogP contribution in [0, 0.1) is 0 Å². The smallest absolute Gasteiger partial charge is 0.185 e. The molecule has 3 aromatic heterocycles.